The first-order valence-corrected chi connectivity index (χ1v) is 5.29. The highest BCUT2D eigenvalue weighted by Gasteiger charge is 2.12. The van der Waals surface area contributed by atoms with E-state index in [1.807, 2.05) is 18.2 Å². The summed E-state index contributed by atoms with van der Waals surface area (Å²) in [6.07, 6.45) is 9.78. The maximum atomic E-state index is 11.2. The first-order chi connectivity index (χ1) is 7.20. The van der Waals surface area contributed by atoms with Crippen molar-refractivity contribution in [1.29, 1.82) is 0 Å². The third-order valence-electron chi connectivity index (χ3n) is 2.39. The van der Waals surface area contributed by atoms with Gasteiger partial charge in [-0.2, -0.15) is 0 Å². The second-order valence-electron chi connectivity index (χ2n) is 3.65. The number of aliphatic carboxylic acids is 1. The SMILES string of the molecule is O=C(O)CCC/C=C\CC1=CCCC1=O. The van der Waals surface area contributed by atoms with E-state index < -0.39 is 5.97 Å². The molecule has 0 heterocycles. The van der Waals surface area contributed by atoms with Gasteiger partial charge in [-0.1, -0.05) is 18.2 Å². The van der Waals surface area contributed by atoms with Crippen LogP contribution in [0.15, 0.2) is 23.8 Å². The van der Waals surface area contributed by atoms with Gasteiger partial charge in [-0.25, -0.2) is 0 Å². The molecule has 15 heavy (non-hydrogen) atoms. The highest BCUT2D eigenvalue weighted by atomic mass is 16.4. The standard InChI is InChI=1S/C12H16O3/c13-11-8-5-7-10(11)6-3-1-2-4-9-12(14)15/h1,3,7H,2,4-6,8-9H2,(H,14,15)/b3-1-. The van der Waals surface area contributed by atoms with Crippen LogP contribution in [0, 0.1) is 0 Å². The lowest BCUT2D eigenvalue weighted by Gasteiger charge is -1.94. The summed E-state index contributed by atoms with van der Waals surface area (Å²) in [5.74, 6) is -0.498. The maximum absolute atomic E-state index is 11.2. The third kappa shape index (κ3) is 4.58. The molecule has 1 N–H and O–H groups in total. The molecule has 0 saturated carbocycles. The van der Waals surface area contributed by atoms with E-state index in [1.54, 1.807) is 0 Å². The number of carbonyl (C=O) groups excluding carboxylic acids is 1. The number of allylic oxidation sites excluding steroid dienone is 4. The highest BCUT2D eigenvalue weighted by Crippen LogP contribution is 2.17. The van der Waals surface area contributed by atoms with Crippen molar-refractivity contribution in [2.75, 3.05) is 0 Å². The van der Waals surface area contributed by atoms with Crippen LogP contribution in [0.25, 0.3) is 0 Å². The van der Waals surface area contributed by atoms with Gasteiger partial charge in [-0.15, -0.1) is 0 Å². The molecule has 0 bridgehead atoms. The van der Waals surface area contributed by atoms with Gasteiger partial charge in [0.05, 0.1) is 0 Å². The molecule has 1 aliphatic carbocycles. The van der Waals surface area contributed by atoms with Gasteiger partial charge < -0.3 is 5.11 Å². The number of carboxylic acids is 1. The van der Waals surface area contributed by atoms with Crippen LogP contribution in [0.4, 0.5) is 0 Å². The maximum Gasteiger partial charge on any atom is 0.303 e. The number of hydrogen-bond donors (Lipinski definition) is 1. The van der Waals surface area contributed by atoms with Gasteiger partial charge in [-0.3, -0.25) is 9.59 Å². The molecule has 0 aliphatic heterocycles. The van der Waals surface area contributed by atoms with E-state index in [1.165, 1.54) is 0 Å². The molecule has 3 nitrogen and oxygen atoms in total. The molecule has 0 radical (unpaired) electrons. The van der Waals surface area contributed by atoms with E-state index >= 15 is 0 Å². The zero-order valence-corrected chi connectivity index (χ0v) is 8.74. The molecule has 0 saturated heterocycles. The fourth-order valence-corrected chi connectivity index (χ4v) is 1.55. The number of carboxylic acid groups (broad SMARTS) is 1. The lowest BCUT2D eigenvalue weighted by atomic mass is 10.1. The minimum Gasteiger partial charge on any atom is -0.481 e. The Morgan fingerprint density at radius 1 is 1.47 bits per heavy atom. The van der Waals surface area contributed by atoms with E-state index in [0.29, 0.717) is 19.3 Å². The lowest BCUT2D eigenvalue weighted by Crippen LogP contribution is -1.94. The summed E-state index contributed by atoms with van der Waals surface area (Å²) >= 11 is 0. The largest absolute Gasteiger partial charge is 0.481 e. The molecule has 0 aromatic heterocycles. The fraction of sp³-hybridized carbons (Fsp3) is 0.500. The summed E-state index contributed by atoms with van der Waals surface area (Å²) in [6, 6.07) is 0. The van der Waals surface area contributed by atoms with E-state index in [2.05, 4.69) is 0 Å². The zero-order chi connectivity index (χ0) is 11.1. The van der Waals surface area contributed by atoms with Gasteiger partial charge in [-0.05, 0) is 31.3 Å². The Labute approximate surface area is 89.5 Å². The van der Waals surface area contributed by atoms with Crippen molar-refractivity contribution in [3.8, 4) is 0 Å². The van der Waals surface area contributed by atoms with E-state index in [-0.39, 0.29) is 12.2 Å². The van der Waals surface area contributed by atoms with Gasteiger partial charge in [0.25, 0.3) is 0 Å². The highest BCUT2D eigenvalue weighted by molar-refractivity contribution is 5.97. The normalized spacial score (nSPS) is 16.0. The summed E-state index contributed by atoms with van der Waals surface area (Å²) in [7, 11) is 0. The predicted molar refractivity (Wildman–Crippen MR) is 57.6 cm³/mol. The number of unbranched alkanes of at least 4 members (excludes halogenated alkanes) is 1. The predicted octanol–water partition coefficient (Wildman–Crippen LogP) is 2.48. The second-order valence-corrected chi connectivity index (χ2v) is 3.65. The Kier molecular flexibility index (Phi) is 4.81. The van der Waals surface area contributed by atoms with Crippen LogP contribution in [-0.4, -0.2) is 16.9 Å². The molecule has 1 aliphatic rings. The first kappa shape index (κ1) is 11.7. The van der Waals surface area contributed by atoms with Crippen LogP contribution < -0.4 is 0 Å². The summed E-state index contributed by atoms with van der Waals surface area (Å²) in [5.41, 5.74) is 0.907. The second kappa shape index (κ2) is 6.17. The fourth-order valence-electron chi connectivity index (χ4n) is 1.55. The molecule has 0 aromatic rings. The Balaban J connectivity index is 2.11. The van der Waals surface area contributed by atoms with Crippen molar-refractivity contribution in [1.82, 2.24) is 0 Å². The first-order valence-electron chi connectivity index (χ1n) is 5.29. The molecule has 0 fully saturated rings. The summed E-state index contributed by atoms with van der Waals surface area (Å²) in [4.78, 5) is 21.4. The minimum absolute atomic E-state index is 0.214. The minimum atomic E-state index is -0.753. The van der Waals surface area contributed by atoms with E-state index in [0.717, 1.165) is 18.4 Å². The van der Waals surface area contributed by atoms with Crippen LogP contribution in [-0.2, 0) is 9.59 Å². The van der Waals surface area contributed by atoms with Gasteiger partial charge in [0.1, 0.15) is 0 Å². The number of hydrogen-bond acceptors (Lipinski definition) is 2. The number of rotatable bonds is 6. The molecule has 82 valence electrons. The molecule has 0 unspecified atom stereocenters. The van der Waals surface area contributed by atoms with Crippen molar-refractivity contribution in [3.63, 3.8) is 0 Å². The van der Waals surface area contributed by atoms with Gasteiger partial charge >= 0.3 is 5.97 Å². The van der Waals surface area contributed by atoms with Crippen LogP contribution in [0.5, 0.6) is 0 Å². The monoisotopic (exact) mass is 208 g/mol. The van der Waals surface area contributed by atoms with Crippen molar-refractivity contribution >= 4 is 11.8 Å². The molecule has 1 rings (SSSR count). The lowest BCUT2D eigenvalue weighted by molar-refractivity contribution is -0.137. The smallest absolute Gasteiger partial charge is 0.303 e. The molecule has 0 aromatic carbocycles. The van der Waals surface area contributed by atoms with Gasteiger partial charge in [0.2, 0.25) is 0 Å². The molecule has 0 amide bonds. The van der Waals surface area contributed by atoms with Crippen molar-refractivity contribution in [3.05, 3.63) is 23.8 Å². The molecular formula is C12H16O3. The van der Waals surface area contributed by atoms with Gasteiger partial charge in [0.15, 0.2) is 5.78 Å². The van der Waals surface area contributed by atoms with Crippen molar-refractivity contribution in [2.24, 2.45) is 0 Å². The molecule has 3 heteroatoms. The summed E-state index contributed by atoms with van der Waals surface area (Å²) in [5, 5.41) is 8.40. The third-order valence-corrected chi connectivity index (χ3v) is 2.39. The zero-order valence-electron chi connectivity index (χ0n) is 8.74. The van der Waals surface area contributed by atoms with E-state index in [4.69, 9.17) is 5.11 Å². The molecular weight excluding hydrogens is 192 g/mol. The van der Waals surface area contributed by atoms with Crippen molar-refractivity contribution < 1.29 is 14.7 Å². The van der Waals surface area contributed by atoms with Crippen molar-refractivity contribution in [2.45, 2.75) is 38.5 Å². The number of Topliss-reactive ketones (excluding diaryl/α,β-unsaturated/α-hetero) is 1. The van der Waals surface area contributed by atoms with E-state index in [9.17, 15) is 9.59 Å². The quantitative estimate of drug-likeness (QED) is 0.539. The molecule has 0 spiro atoms. The summed E-state index contributed by atoms with van der Waals surface area (Å²) < 4.78 is 0. The molecule has 0 atom stereocenters. The summed E-state index contributed by atoms with van der Waals surface area (Å²) in [6.45, 7) is 0. The topological polar surface area (TPSA) is 54.4 Å². The average molecular weight is 208 g/mol. The van der Waals surface area contributed by atoms with Crippen LogP contribution in [0.1, 0.15) is 38.5 Å². The Hall–Kier alpha value is -1.38. The number of ketones is 1. The Morgan fingerprint density at radius 2 is 2.27 bits per heavy atom. The average Bonchev–Trinajstić information content (AvgIpc) is 2.57. The van der Waals surface area contributed by atoms with Crippen LogP contribution in [0.3, 0.4) is 0 Å². The number of carbonyl (C=O) groups is 2. The Morgan fingerprint density at radius 3 is 2.87 bits per heavy atom. The van der Waals surface area contributed by atoms with Crippen LogP contribution >= 0.6 is 0 Å². The van der Waals surface area contributed by atoms with Gasteiger partial charge in [0, 0.05) is 12.8 Å². The van der Waals surface area contributed by atoms with Crippen LogP contribution in [0.2, 0.25) is 0 Å². The Bertz CT molecular complexity index is 300.